The number of nitrogens with one attached hydrogen (secondary N) is 1. The van der Waals surface area contributed by atoms with E-state index in [2.05, 4.69) is 15.3 Å². The molecular weight excluding hydrogens is 308 g/mol. The Labute approximate surface area is 139 Å². The van der Waals surface area contributed by atoms with E-state index in [0.717, 1.165) is 16.9 Å². The number of furan rings is 1. The molecule has 0 aliphatic rings. The number of aromatic nitrogens is 3. The number of hydrogen-bond acceptors (Lipinski definition) is 4. The van der Waals surface area contributed by atoms with Crippen molar-refractivity contribution in [2.24, 2.45) is 5.10 Å². The Balaban J connectivity index is 1.91. The highest BCUT2D eigenvalue weighted by atomic mass is 32.1. The van der Waals surface area contributed by atoms with Crippen LogP contribution in [0.3, 0.4) is 0 Å². The molecule has 1 aromatic carbocycles. The third-order valence-electron chi connectivity index (χ3n) is 3.25. The van der Waals surface area contributed by atoms with E-state index in [1.807, 2.05) is 56.3 Å². The van der Waals surface area contributed by atoms with E-state index in [0.29, 0.717) is 10.6 Å². The van der Waals surface area contributed by atoms with E-state index in [1.165, 1.54) is 5.56 Å². The van der Waals surface area contributed by atoms with Crippen LogP contribution in [-0.2, 0) is 0 Å². The van der Waals surface area contributed by atoms with Crippen molar-refractivity contribution in [3.05, 3.63) is 64.3 Å². The molecule has 0 saturated heterocycles. The van der Waals surface area contributed by atoms with Crippen LogP contribution in [0, 0.1) is 11.7 Å². The fourth-order valence-electron chi connectivity index (χ4n) is 2.07. The number of H-pyrrole nitrogens is 1. The number of hydrogen-bond donors (Lipinski definition) is 1. The van der Waals surface area contributed by atoms with Crippen LogP contribution < -0.4 is 0 Å². The van der Waals surface area contributed by atoms with Crippen LogP contribution in [0.1, 0.15) is 18.2 Å². The van der Waals surface area contributed by atoms with Crippen LogP contribution in [0.4, 0.5) is 0 Å². The molecule has 23 heavy (non-hydrogen) atoms. The molecule has 0 saturated carbocycles. The van der Waals surface area contributed by atoms with Crippen LogP contribution in [0.2, 0.25) is 0 Å². The molecule has 0 atom stereocenters. The van der Waals surface area contributed by atoms with Gasteiger partial charge in [-0.05, 0) is 49.8 Å². The summed E-state index contributed by atoms with van der Waals surface area (Å²) < 4.78 is 7.34. The molecular formula is C17H16N4OS. The summed E-state index contributed by atoms with van der Waals surface area (Å²) in [6.07, 6.45) is 5.27. The van der Waals surface area contributed by atoms with Crippen molar-refractivity contribution in [1.82, 2.24) is 14.9 Å². The molecule has 0 fully saturated rings. The lowest BCUT2D eigenvalue weighted by molar-refractivity contribution is 0.557. The molecule has 3 aromatic rings. The van der Waals surface area contributed by atoms with Gasteiger partial charge in [-0.3, -0.25) is 0 Å². The van der Waals surface area contributed by atoms with Gasteiger partial charge in [0.15, 0.2) is 5.82 Å². The molecule has 2 heterocycles. The van der Waals surface area contributed by atoms with E-state index in [9.17, 15) is 0 Å². The van der Waals surface area contributed by atoms with Crippen LogP contribution >= 0.6 is 12.2 Å². The third kappa shape index (κ3) is 3.54. The van der Waals surface area contributed by atoms with Gasteiger partial charge in [0.25, 0.3) is 0 Å². The molecule has 1 N–H and O–H groups in total. The number of rotatable bonds is 4. The highest BCUT2D eigenvalue weighted by Crippen LogP contribution is 2.17. The number of benzene rings is 1. The number of allylic oxidation sites excluding steroid dienone is 1. The summed E-state index contributed by atoms with van der Waals surface area (Å²) in [6.45, 7) is 3.99. The summed E-state index contributed by atoms with van der Waals surface area (Å²) in [5.74, 6) is 1.46. The van der Waals surface area contributed by atoms with E-state index >= 15 is 0 Å². The van der Waals surface area contributed by atoms with Crippen molar-refractivity contribution in [2.75, 3.05) is 0 Å². The Morgan fingerprint density at radius 3 is 2.78 bits per heavy atom. The van der Waals surface area contributed by atoms with Gasteiger partial charge in [-0.25, -0.2) is 5.10 Å². The first-order chi connectivity index (χ1) is 11.1. The zero-order chi connectivity index (χ0) is 16.2. The van der Waals surface area contributed by atoms with Gasteiger partial charge in [0.2, 0.25) is 4.77 Å². The van der Waals surface area contributed by atoms with Gasteiger partial charge in [0, 0.05) is 5.56 Å². The zero-order valence-electron chi connectivity index (χ0n) is 12.9. The Kier molecular flexibility index (Phi) is 4.34. The monoisotopic (exact) mass is 324 g/mol. The third-order valence-corrected chi connectivity index (χ3v) is 3.51. The fourth-order valence-corrected chi connectivity index (χ4v) is 2.25. The Hall–Kier alpha value is -2.73. The van der Waals surface area contributed by atoms with Crippen LogP contribution in [0.25, 0.3) is 17.5 Å². The van der Waals surface area contributed by atoms with Gasteiger partial charge in [0.1, 0.15) is 5.76 Å². The topological polar surface area (TPSA) is 59.1 Å². The SMILES string of the molecule is C/C(C=Nn1c(-c2ccc(C)cc2)n[nH]c1=S)=C\c1ccco1. The zero-order valence-corrected chi connectivity index (χ0v) is 13.7. The molecule has 0 unspecified atom stereocenters. The Bertz CT molecular complexity index is 899. The second kappa shape index (κ2) is 6.58. The van der Waals surface area contributed by atoms with E-state index in [-0.39, 0.29) is 0 Å². The van der Waals surface area contributed by atoms with Gasteiger partial charge in [-0.2, -0.15) is 14.9 Å². The van der Waals surface area contributed by atoms with Crippen molar-refractivity contribution < 1.29 is 4.42 Å². The predicted octanol–water partition coefficient (Wildman–Crippen LogP) is 4.45. The number of aromatic amines is 1. The van der Waals surface area contributed by atoms with Gasteiger partial charge in [0.05, 0.1) is 12.5 Å². The molecule has 5 nitrogen and oxygen atoms in total. The van der Waals surface area contributed by atoms with Crippen LogP contribution in [0.5, 0.6) is 0 Å². The molecule has 0 aliphatic carbocycles. The Morgan fingerprint density at radius 1 is 1.30 bits per heavy atom. The van der Waals surface area contributed by atoms with Crippen molar-refractivity contribution in [1.29, 1.82) is 0 Å². The molecule has 0 amide bonds. The van der Waals surface area contributed by atoms with E-state index in [1.54, 1.807) is 17.2 Å². The summed E-state index contributed by atoms with van der Waals surface area (Å²) >= 11 is 5.26. The lowest BCUT2D eigenvalue weighted by atomic mass is 10.1. The second-order valence-corrected chi connectivity index (χ2v) is 5.57. The summed E-state index contributed by atoms with van der Waals surface area (Å²) in [6, 6.07) is 11.8. The summed E-state index contributed by atoms with van der Waals surface area (Å²) in [5.41, 5.74) is 3.08. The van der Waals surface area contributed by atoms with Gasteiger partial charge < -0.3 is 4.42 Å². The van der Waals surface area contributed by atoms with E-state index < -0.39 is 0 Å². The predicted molar refractivity (Wildman–Crippen MR) is 93.8 cm³/mol. The Morgan fingerprint density at radius 2 is 2.09 bits per heavy atom. The smallest absolute Gasteiger partial charge is 0.216 e. The first kappa shape index (κ1) is 15.2. The molecule has 0 spiro atoms. The van der Waals surface area contributed by atoms with Crippen molar-refractivity contribution in [2.45, 2.75) is 13.8 Å². The molecule has 6 heteroatoms. The largest absolute Gasteiger partial charge is 0.465 e. The lowest BCUT2D eigenvalue weighted by Crippen LogP contribution is -1.95. The lowest BCUT2D eigenvalue weighted by Gasteiger charge is -2.01. The van der Waals surface area contributed by atoms with Crippen LogP contribution in [-0.4, -0.2) is 21.1 Å². The molecule has 116 valence electrons. The normalized spacial score (nSPS) is 12.2. The minimum Gasteiger partial charge on any atom is -0.465 e. The van der Waals surface area contributed by atoms with Crippen molar-refractivity contribution >= 4 is 24.5 Å². The summed E-state index contributed by atoms with van der Waals surface area (Å²) in [5, 5.41) is 11.5. The fraction of sp³-hybridized carbons (Fsp3) is 0.118. The first-order valence-electron chi connectivity index (χ1n) is 7.14. The minimum atomic E-state index is 0.447. The maximum Gasteiger partial charge on any atom is 0.216 e. The maximum absolute atomic E-state index is 5.29. The van der Waals surface area contributed by atoms with Crippen molar-refractivity contribution in [3.8, 4) is 11.4 Å². The quantitative estimate of drug-likeness (QED) is 0.570. The summed E-state index contributed by atoms with van der Waals surface area (Å²) in [7, 11) is 0. The molecule has 0 radical (unpaired) electrons. The molecule has 3 rings (SSSR count). The molecule has 0 bridgehead atoms. The molecule has 2 aromatic heterocycles. The number of aryl methyl sites for hydroxylation is 1. The average Bonchev–Trinajstić information content (AvgIpc) is 3.16. The summed E-state index contributed by atoms with van der Waals surface area (Å²) in [4.78, 5) is 0. The number of nitrogens with zero attached hydrogens (tertiary/aromatic N) is 3. The second-order valence-electron chi connectivity index (χ2n) is 5.18. The highest BCUT2D eigenvalue weighted by molar-refractivity contribution is 7.71. The molecule has 0 aliphatic heterocycles. The average molecular weight is 324 g/mol. The standard InChI is InChI=1S/C17H16N4OS/c1-12-5-7-14(8-6-12)16-19-20-17(23)21(16)18-11-13(2)10-15-4-3-9-22-15/h3-11H,1-2H3,(H,20,23)/b13-10+,18-11?. The van der Waals surface area contributed by atoms with E-state index in [4.69, 9.17) is 16.6 Å². The highest BCUT2D eigenvalue weighted by Gasteiger charge is 2.07. The van der Waals surface area contributed by atoms with Gasteiger partial charge in [-0.15, -0.1) is 0 Å². The van der Waals surface area contributed by atoms with Crippen LogP contribution in [0.15, 0.2) is 57.8 Å². The first-order valence-corrected chi connectivity index (χ1v) is 7.55. The van der Waals surface area contributed by atoms with Gasteiger partial charge in [-0.1, -0.05) is 29.8 Å². The van der Waals surface area contributed by atoms with Crippen molar-refractivity contribution in [3.63, 3.8) is 0 Å². The minimum absolute atomic E-state index is 0.447. The van der Waals surface area contributed by atoms with Gasteiger partial charge >= 0.3 is 0 Å². The maximum atomic E-state index is 5.29.